The van der Waals surface area contributed by atoms with Crippen molar-refractivity contribution in [3.63, 3.8) is 0 Å². The zero-order valence-electron chi connectivity index (χ0n) is 12.7. The molecule has 0 spiro atoms. The van der Waals surface area contributed by atoms with E-state index in [0.29, 0.717) is 11.1 Å². The van der Waals surface area contributed by atoms with Gasteiger partial charge >= 0.3 is 0 Å². The summed E-state index contributed by atoms with van der Waals surface area (Å²) >= 11 is 0. The molecular formula is C16H16N2O4S. The van der Waals surface area contributed by atoms with E-state index in [1.165, 1.54) is 38.2 Å². The standard InChI is InChI=1S/C16H16N2O4S/c1-11(19)12-5-4-8-15(10-12)23(21,22)18-14-7-3-6-13(9-14)16(20)17-2/h3-10,18H,1-2H3,(H,17,20). The summed E-state index contributed by atoms with van der Waals surface area (Å²) in [6.45, 7) is 1.37. The predicted molar refractivity (Wildman–Crippen MR) is 87.1 cm³/mol. The van der Waals surface area contributed by atoms with Crippen molar-refractivity contribution < 1.29 is 18.0 Å². The van der Waals surface area contributed by atoms with Gasteiger partial charge in [-0.25, -0.2) is 8.42 Å². The molecule has 23 heavy (non-hydrogen) atoms. The molecule has 1 amide bonds. The van der Waals surface area contributed by atoms with E-state index in [9.17, 15) is 18.0 Å². The predicted octanol–water partition coefficient (Wildman–Crippen LogP) is 2.05. The molecule has 0 fully saturated rings. The lowest BCUT2D eigenvalue weighted by Gasteiger charge is -2.10. The summed E-state index contributed by atoms with van der Waals surface area (Å²) in [5.74, 6) is -0.534. The number of nitrogens with one attached hydrogen (secondary N) is 2. The molecule has 7 heteroatoms. The fourth-order valence-corrected chi connectivity index (χ4v) is 3.06. The lowest BCUT2D eigenvalue weighted by Crippen LogP contribution is -2.18. The van der Waals surface area contributed by atoms with Crippen LogP contribution in [0.25, 0.3) is 0 Å². The van der Waals surface area contributed by atoms with Crippen molar-refractivity contribution in [2.75, 3.05) is 11.8 Å². The van der Waals surface area contributed by atoms with E-state index >= 15 is 0 Å². The van der Waals surface area contributed by atoms with E-state index in [2.05, 4.69) is 10.0 Å². The lowest BCUT2D eigenvalue weighted by atomic mass is 10.2. The minimum Gasteiger partial charge on any atom is -0.355 e. The van der Waals surface area contributed by atoms with Gasteiger partial charge in [-0.1, -0.05) is 18.2 Å². The van der Waals surface area contributed by atoms with Gasteiger partial charge in [0.05, 0.1) is 4.90 Å². The molecule has 0 aromatic heterocycles. The van der Waals surface area contributed by atoms with Gasteiger partial charge in [0.2, 0.25) is 0 Å². The molecule has 0 saturated carbocycles. The Hall–Kier alpha value is -2.67. The minimum atomic E-state index is -3.85. The lowest BCUT2D eigenvalue weighted by molar-refractivity contribution is 0.0962. The largest absolute Gasteiger partial charge is 0.355 e. The average Bonchev–Trinajstić information content (AvgIpc) is 2.54. The van der Waals surface area contributed by atoms with Crippen molar-refractivity contribution in [3.8, 4) is 0 Å². The van der Waals surface area contributed by atoms with Gasteiger partial charge in [0.25, 0.3) is 15.9 Å². The second kappa shape index (κ2) is 6.62. The van der Waals surface area contributed by atoms with Crippen molar-refractivity contribution in [1.82, 2.24) is 5.32 Å². The maximum absolute atomic E-state index is 12.4. The normalized spacial score (nSPS) is 10.9. The number of hydrogen-bond acceptors (Lipinski definition) is 4. The Morgan fingerprint density at radius 1 is 0.957 bits per heavy atom. The van der Waals surface area contributed by atoms with Gasteiger partial charge in [-0.15, -0.1) is 0 Å². The van der Waals surface area contributed by atoms with Gasteiger partial charge in [0.15, 0.2) is 5.78 Å². The summed E-state index contributed by atoms with van der Waals surface area (Å²) < 4.78 is 27.2. The van der Waals surface area contributed by atoms with Crippen LogP contribution in [0.2, 0.25) is 0 Å². The highest BCUT2D eigenvalue weighted by Crippen LogP contribution is 2.18. The van der Waals surface area contributed by atoms with Crippen LogP contribution < -0.4 is 10.0 Å². The number of anilines is 1. The van der Waals surface area contributed by atoms with Crippen LogP contribution in [-0.2, 0) is 10.0 Å². The van der Waals surface area contributed by atoms with Crippen LogP contribution in [0.1, 0.15) is 27.6 Å². The quantitative estimate of drug-likeness (QED) is 0.820. The topological polar surface area (TPSA) is 92.3 Å². The minimum absolute atomic E-state index is 0.0180. The second-order valence-electron chi connectivity index (χ2n) is 4.85. The van der Waals surface area contributed by atoms with Crippen LogP contribution >= 0.6 is 0 Å². The van der Waals surface area contributed by atoms with Crippen LogP contribution in [0.3, 0.4) is 0 Å². The fraction of sp³-hybridized carbons (Fsp3) is 0.125. The van der Waals surface area contributed by atoms with E-state index in [-0.39, 0.29) is 22.3 Å². The molecule has 2 aromatic carbocycles. The van der Waals surface area contributed by atoms with Crippen LogP contribution in [0.15, 0.2) is 53.4 Å². The number of ketones is 1. The Kier molecular flexibility index (Phi) is 4.80. The van der Waals surface area contributed by atoms with Crippen LogP contribution in [0, 0.1) is 0 Å². The Balaban J connectivity index is 2.33. The van der Waals surface area contributed by atoms with Crippen LogP contribution in [0.5, 0.6) is 0 Å². The summed E-state index contributed by atoms with van der Waals surface area (Å²) in [6, 6.07) is 11.9. The zero-order chi connectivity index (χ0) is 17.0. The van der Waals surface area contributed by atoms with Crippen LogP contribution in [0.4, 0.5) is 5.69 Å². The number of Topliss-reactive ketones (excluding diaryl/α,β-unsaturated/α-hetero) is 1. The summed E-state index contributed by atoms with van der Waals surface area (Å²) in [7, 11) is -2.36. The van der Waals surface area contributed by atoms with E-state index in [4.69, 9.17) is 0 Å². The Morgan fingerprint density at radius 2 is 1.61 bits per heavy atom. The molecule has 2 rings (SSSR count). The van der Waals surface area contributed by atoms with E-state index in [1.54, 1.807) is 24.3 Å². The third-order valence-corrected chi connectivity index (χ3v) is 4.53. The molecule has 6 nitrogen and oxygen atoms in total. The molecule has 0 aliphatic rings. The summed E-state index contributed by atoms with van der Waals surface area (Å²) in [4.78, 5) is 23.0. The van der Waals surface area contributed by atoms with E-state index in [1.807, 2.05) is 0 Å². The third kappa shape index (κ3) is 3.95. The molecular weight excluding hydrogens is 316 g/mol. The molecule has 0 saturated heterocycles. The molecule has 2 N–H and O–H groups in total. The first-order chi connectivity index (χ1) is 10.8. The zero-order valence-corrected chi connectivity index (χ0v) is 13.5. The summed E-state index contributed by atoms with van der Waals surface area (Å²) in [5, 5.41) is 2.47. The monoisotopic (exact) mass is 332 g/mol. The maximum Gasteiger partial charge on any atom is 0.261 e. The molecule has 0 heterocycles. The number of amides is 1. The average molecular weight is 332 g/mol. The van der Waals surface area contributed by atoms with Crippen molar-refractivity contribution in [2.45, 2.75) is 11.8 Å². The van der Waals surface area contributed by atoms with Gasteiger partial charge < -0.3 is 5.32 Å². The van der Waals surface area contributed by atoms with Gasteiger partial charge in [0, 0.05) is 23.9 Å². The number of sulfonamides is 1. The first kappa shape index (κ1) is 16.7. The van der Waals surface area contributed by atoms with Crippen molar-refractivity contribution in [3.05, 3.63) is 59.7 Å². The number of carbonyl (C=O) groups is 2. The summed E-state index contributed by atoms with van der Waals surface area (Å²) in [6.07, 6.45) is 0. The number of hydrogen-bond donors (Lipinski definition) is 2. The summed E-state index contributed by atoms with van der Waals surface area (Å²) in [5.41, 5.74) is 0.913. The second-order valence-corrected chi connectivity index (χ2v) is 6.53. The first-order valence-electron chi connectivity index (χ1n) is 6.79. The van der Waals surface area contributed by atoms with Gasteiger partial charge in [0.1, 0.15) is 0 Å². The fourth-order valence-electron chi connectivity index (χ4n) is 1.96. The molecule has 2 aromatic rings. The number of benzene rings is 2. The Labute approximate surface area is 134 Å². The molecule has 0 atom stereocenters. The highest BCUT2D eigenvalue weighted by atomic mass is 32.2. The van der Waals surface area contributed by atoms with Crippen molar-refractivity contribution >= 4 is 27.4 Å². The maximum atomic E-state index is 12.4. The molecule has 120 valence electrons. The Bertz CT molecular complexity index is 860. The number of carbonyl (C=O) groups excluding carboxylic acids is 2. The van der Waals surface area contributed by atoms with Crippen molar-refractivity contribution in [1.29, 1.82) is 0 Å². The molecule has 0 unspecified atom stereocenters. The van der Waals surface area contributed by atoms with Gasteiger partial charge in [-0.3, -0.25) is 14.3 Å². The first-order valence-corrected chi connectivity index (χ1v) is 8.28. The highest BCUT2D eigenvalue weighted by molar-refractivity contribution is 7.92. The van der Waals surface area contributed by atoms with Crippen LogP contribution in [-0.4, -0.2) is 27.2 Å². The van der Waals surface area contributed by atoms with E-state index < -0.39 is 10.0 Å². The van der Waals surface area contributed by atoms with Gasteiger partial charge in [-0.2, -0.15) is 0 Å². The third-order valence-electron chi connectivity index (χ3n) is 3.15. The van der Waals surface area contributed by atoms with Gasteiger partial charge in [-0.05, 0) is 37.3 Å². The number of rotatable bonds is 5. The van der Waals surface area contributed by atoms with Crippen molar-refractivity contribution in [2.24, 2.45) is 0 Å². The molecule has 0 radical (unpaired) electrons. The Morgan fingerprint density at radius 3 is 2.26 bits per heavy atom. The smallest absolute Gasteiger partial charge is 0.261 e. The SMILES string of the molecule is CNC(=O)c1cccc(NS(=O)(=O)c2cccc(C(C)=O)c2)c1. The molecule has 0 bridgehead atoms. The molecule has 0 aliphatic heterocycles. The highest BCUT2D eigenvalue weighted by Gasteiger charge is 2.16. The molecule has 0 aliphatic carbocycles. The van der Waals surface area contributed by atoms with E-state index in [0.717, 1.165) is 0 Å².